The number of carboxylic acids is 1. The van der Waals surface area contributed by atoms with Crippen LogP contribution in [0.25, 0.3) is 0 Å². The maximum Gasteiger partial charge on any atom is 0.317 e. The highest BCUT2D eigenvalue weighted by molar-refractivity contribution is 5.77. The van der Waals surface area contributed by atoms with Gasteiger partial charge in [0.05, 0.1) is 6.42 Å². The van der Waals surface area contributed by atoms with Crippen molar-refractivity contribution in [2.75, 3.05) is 26.2 Å². The van der Waals surface area contributed by atoms with Crippen LogP contribution in [0.5, 0.6) is 0 Å². The number of urea groups is 1. The van der Waals surface area contributed by atoms with E-state index in [1.165, 1.54) is 6.92 Å². The second-order valence-corrected chi connectivity index (χ2v) is 4.65. The van der Waals surface area contributed by atoms with Gasteiger partial charge in [-0.3, -0.25) is 9.59 Å². The lowest BCUT2D eigenvalue weighted by Crippen LogP contribution is -2.54. The van der Waals surface area contributed by atoms with Gasteiger partial charge in [-0.2, -0.15) is 0 Å². The van der Waals surface area contributed by atoms with Gasteiger partial charge in [0.1, 0.15) is 0 Å². The van der Waals surface area contributed by atoms with Crippen LogP contribution in [-0.4, -0.2) is 65.0 Å². The van der Waals surface area contributed by atoms with Crippen molar-refractivity contribution in [3.05, 3.63) is 0 Å². The summed E-state index contributed by atoms with van der Waals surface area (Å²) in [5, 5.41) is 11.4. The zero-order valence-electron chi connectivity index (χ0n) is 11.4. The second-order valence-electron chi connectivity index (χ2n) is 4.65. The predicted octanol–water partition coefficient (Wildman–Crippen LogP) is 0.113. The van der Waals surface area contributed by atoms with Crippen LogP contribution < -0.4 is 5.32 Å². The number of aliphatic carboxylic acids is 1. The number of amides is 3. The Kier molecular flexibility index (Phi) is 5.59. The molecule has 0 aromatic carbocycles. The third-order valence-electron chi connectivity index (χ3n) is 3.25. The van der Waals surface area contributed by atoms with Gasteiger partial charge in [-0.1, -0.05) is 6.92 Å². The summed E-state index contributed by atoms with van der Waals surface area (Å²) in [6.07, 6.45) is 0.501. The van der Waals surface area contributed by atoms with E-state index in [2.05, 4.69) is 5.32 Å². The molecule has 1 aliphatic rings. The number of carbonyl (C=O) groups excluding carboxylic acids is 2. The van der Waals surface area contributed by atoms with Crippen LogP contribution >= 0.6 is 0 Å². The minimum atomic E-state index is -0.923. The average Bonchev–Trinajstić information content (AvgIpc) is 2.37. The summed E-state index contributed by atoms with van der Waals surface area (Å²) in [7, 11) is 0. The van der Waals surface area contributed by atoms with Gasteiger partial charge in [-0.05, 0) is 6.42 Å². The second kappa shape index (κ2) is 6.96. The van der Waals surface area contributed by atoms with E-state index < -0.39 is 5.97 Å². The van der Waals surface area contributed by atoms with Crippen LogP contribution in [0.15, 0.2) is 0 Å². The molecular formula is C12H21N3O4. The van der Waals surface area contributed by atoms with Crippen LogP contribution in [0, 0.1) is 0 Å². The molecule has 19 heavy (non-hydrogen) atoms. The number of nitrogens with zero attached hydrogens (tertiary/aromatic N) is 2. The van der Waals surface area contributed by atoms with Gasteiger partial charge in [0, 0.05) is 39.1 Å². The zero-order valence-corrected chi connectivity index (χ0v) is 11.4. The normalized spacial score (nSPS) is 16.9. The third kappa shape index (κ3) is 4.76. The number of carboxylic acid groups (broad SMARTS) is 1. The lowest BCUT2D eigenvalue weighted by molar-refractivity contribution is -0.137. The highest BCUT2D eigenvalue weighted by Crippen LogP contribution is 2.04. The standard InChI is InChI=1S/C12H21N3O4/c1-3-10(8-11(17)18)13-12(19)15-6-4-14(5-7-15)9(2)16/h10H,3-8H2,1-2H3,(H,13,19)(H,17,18). The van der Waals surface area contributed by atoms with E-state index in [1.54, 1.807) is 9.80 Å². The number of hydrogen-bond donors (Lipinski definition) is 2. The fourth-order valence-electron chi connectivity index (χ4n) is 2.00. The quantitative estimate of drug-likeness (QED) is 0.759. The Morgan fingerprint density at radius 2 is 1.68 bits per heavy atom. The maximum atomic E-state index is 11.9. The summed E-state index contributed by atoms with van der Waals surface area (Å²) < 4.78 is 0. The summed E-state index contributed by atoms with van der Waals surface area (Å²) in [4.78, 5) is 37.0. The van der Waals surface area contributed by atoms with Crippen LogP contribution in [0.3, 0.4) is 0 Å². The predicted molar refractivity (Wildman–Crippen MR) is 68.7 cm³/mol. The molecule has 1 saturated heterocycles. The monoisotopic (exact) mass is 271 g/mol. The molecule has 1 rings (SSSR count). The first-order valence-corrected chi connectivity index (χ1v) is 6.46. The van der Waals surface area contributed by atoms with Crippen LogP contribution in [0.4, 0.5) is 4.79 Å². The smallest absolute Gasteiger partial charge is 0.317 e. The van der Waals surface area contributed by atoms with Crippen molar-refractivity contribution in [1.82, 2.24) is 15.1 Å². The summed E-state index contributed by atoms with van der Waals surface area (Å²) in [5.41, 5.74) is 0. The van der Waals surface area contributed by atoms with Crippen molar-refractivity contribution in [3.63, 3.8) is 0 Å². The highest BCUT2D eigenvalue weighted by atomic mass is 16.4. The van der Waals surface area contributed by atoms with Crippen molar-refractivity contribution in [1.29, 1.82) is 0 Å². The Bertz CT molecular complexity index is 351. The van der Waals surface area contributed by atoms with Gasteiger partial charge in [-0.15, -0.1) is 0 Å². The van der Waals surface area contributed by atoms with Crippen LogP contribution in [0.2, 0.25) is 0 Å². The van der Waals surface area contributed by atoms with Gasteiger partial charge < -0.3 is 20.2 Å². The number of piperazine rings is 1. The number of rotatable bonds is 4. The molecule has 1 unspecified atom stereocenters. The van der Waals surface area contributed by atoms with Crippen molar-refractivity contribution in [2.45, 2.75) is 32.7 Å². The molecule has 7 nitrogen and oxygen atoms in total. The maximum absolute atomic E-state index is 11.9. The number of carbonyl (C=O) groups is 3. The molecule has 0 radical (unpaired) electrons. The Balaban J connectivity index is 2.42. The van der Waals surface area contributed by atoms with Crippen molar-refractivity contribution in [2.24, 2.45) is 0 Å². The summed E-state index contributed by atoms with van der Waals surface area (Å²) in [6, 6.07) is -0.605. The van der Waals surface area contributed by atoms with Gasteiger partial charge in [0.25, 0.3) is 0 Å². The Morgan fingerprint density at radius 1 is 1.16 bits per heavy atom. The fraction of sp³-hybridized carbons (Fsp3) is 0.750. The Hall–Kier alpha value is -1.79. The molecule has 2 N–H and O–H groups in total. The highest BCUT2D eigenvalue weighted by Gasteiger charge is 2.24. The molecule has 0 aliphatic carbocycles. The SMILES string of the molecule is CCC(CC(=O)O)NC(=O)N1CCN(C(C)=O)CC1. The largest absolute Gasteiger partial charge is 0.481 e. The third-order valence-corrected chi connectivity index (χ3v) is 3.25. The molecule has 1 fully saturated rings. The molecule has 3 amide bonds. The summed E-state index contributed by atoms with van der Waals surface area (Å²) in [5.74, 6) is -0.911. The average molecular weight is 271 g/mol. The Morgan fingerprint density at radius 3 is 2.11 bits per heavy atom. The molecule has 7 heteroatoms. The zero-order chi connectivity index (χ0) is 14.4. The van der Waals surface area contributed by atoms with E-state index in [-0.39, 0.29) is 24.4 Å². The minimum absolute atomic E-state index is 0.0115. The lowest BCUT2D eigenvalue weighted by atomic mass is 10.1. The van der Waals surface area contributed by atoms with E-state index in [9.17, 15) is 14.4 Å². The van der Waals surface area contributed by atoms with Gasteiger partial charge >= 0.3 is 12.0 Å². The topological polar surface area (TPSA) is 89.9 Å². The molecule has 0 bridgehead atoms. The van der Waals surface area contributed by atoms with E-state index in [0.717, 1.165) is 0 Å². The van der Waals surface area contributed by atoms with Crippen molar-refractivity contribution >= 4 is 17.9 Å². The molecule has 1 heterocycles. The fourth-order valence-corrected chi connectivity index (χ4v) is 2.00. The Labute approximate surface area is 112 Å². The molecule has 1 atom stereocenters. The number of nitrogens with one attached hydrogen (secondary N) is 1. The summed E-state index contributed by atoms with van der Waals surface area (Å²) in [6.45, 7) is 5.36. The first-order chi connectivity index (χ1) is 8.93. The molecule has 1 aliphatic heterocycles. The first-order valence-electron chi connectivity index (χ1n) is 6.46. The molecule has 0 aromatic heterocycles. The molecular weight excluding hydrogens is 250 g/mol. The van der Waals surface area contributed by atoms with Crippen LogP contribution in [-0.2, 0) is 9.59 Å². The van der Waals surface area contributed by atoms with Crippen LogP contribution in [0.1, 0.15) is 26.7 Å². The molecule has 0 saturated carbocycles. The van der Waals surface area contributed by atoms with Crippen molar-refractivity contribution < 1.29 is 19.5 Å². The van der Waals surface area contributed by atoms with E-state index in [1.807, 2.05) is 6.92 Å². The first kappa shape index (κ1) is 15.3. The van der Waals surface area contributed by atoms with Gasteiger partial charge in [-0.25, -0.2) is 4.79 Å². The van der Waals surface area contributed by atoms with E-state index in [0.29, 0.717) is 32.6 Å². The summed E-state index contributed by atoms with van der Waals surface area (Å²) >= 11 is 0. The van der Waals surface area contributed by atoms with E-state index >= 15 is 0 Å². The van der Waals surface area contributed by atoms with E-state index in [4.69, 9.17) is 5.11 Å². The van der Waals surface area contributed by atoms with Gasteiger partial charge in [0.2, 0.25) is 5.91 Å². The lowest BCUT2D eigenvalue weighted by Gasteiger charge is -2.34. The minimum Gasteiger partial charge on any atom is -0.481 e. The molecule has 0 spiro atoms. The number of hydrogen-bond acceptors (Lipinski definition) is 3. The van der Waals surface area contributed by atoms with Crippen molar-refractivity contribution in [3.8, 4) is 0 Å². The molecule has 108 valence electrons. The molecule has 0 aromatic rings. The van der Waals surface area contributed by atoms with Gasteiger partial charge in [0.15, 0.2) is 0 Å².